The average molecular weight is 1010 g/mol. The smallest absolute Gasteiger partial charge is 0.306 e. The van der Waals surface area contributed by atoms with Crippen molar-refractivity contribution in [3.05, 3.63) is 36.5 Å². The topological polar surface area (TPSA) is 78.9 Å². The zero-order chi connectivity index (χ0) is 52.2. The summed E-state index contributed by atoms with van der Waals surface area (Å²) in [6.45, 7) is 6.50. The lowest BCUT2D eigenvalue weighted by Gasteiger charge is -2.18. The lowest BCUT2D eigenvalue weighted by molar-refractivity contribution is -0.167. The maximum absolute atomic E-state index is 12.8. The fraction of sp³-hybridized carbons (Fsp3) is 0.864. The summed E-state index contributed by atoms with van der Waals surface area (Å²) in [6.07, 6.45) is 75.1. The molecule has 0 saturated heterocycles. The van der Waals surface area contributed by atoms with E-state index in [2.05, 4.69) is 57.2 Å². The van der Waals surface area contributed by atoms with Gasteiger partial charge in [-0.3, -0.25) is 14.4 Å². The van der Waals surface area contributed by atoms with Crippen LogP contribution in [0.4, 0.5) is 0 Å². The first-order valence-corrected chi connectivity index (χ1v) is 32.0. The van der Waals surface area contributed by atoms with E-state index < -0.39 is 6.10 Å². The van der Waals surface area contributed by atoms with Crippen LogP contribution in [0.3, 0.4) is 0 Å². The first kappa shape index (κ1) is 69.6. The van der Waals surface area contributed by atoms with E-state index in [4.69, 9.17) is 14.2 Å². The summed E-state index contributed by atoms with van der Waals surface area (Å²) in [4.78, 5) is 37.9. The molecule has 0 N–H and O–H groups in total. The molecular formula is C66H122O6. The van der Waals surface area contributed by atoms with Crippen LogP contribution in [-0.4, -0.2) is 37.2 Å². The number of rotatable bonds is 59. The number of hydrogen-bond acceptors (Lipinski definition) is 6. The number of allylic oxidation sites excluding steroid dienone is 6. The van der Waals surface area contributed by atoms with E-state index in [-0.39, 0.29) is 31.1 Å². The Morgan fingerprint density at radius 1 is 0.292 bits per heavy atom. The number of esters is 3. The molecule has 0 spiro atoms. The highest BCUT2D eigenvalue weighted by Crippen LogP contribution is 2.18. The summed E-state index contributed by atoms with van der Waals surface area (Å²) in [5.74, 6) is -0.902. The molecule has 0 aliphatic heterocycles. The van der Waals surface area contributed by atoms with E-state index in [0.29, 0.717) is 19.3 Å². The Balaban J connectivity index is 3.89. The Morgan fingerprint density at radius 3 is 0.847 bits per heavy atom. The number of hydrogen-bond donors (Lipinski definition) is 0. The number of unbranched alkanes of at least 4 members (excludes halogenated alkanes) is 42. The van der Waals surface area contributed by atoms with Crippen LogP contribution in [0.1, 0.15) is 348 Å². The van der Waals surface area contributed by atoms with Crippen molar-refractivity contribution in [1.82, 2.24) is 0 Å². The van der Waals surface area contributed by atoms with Crippen molar-refractivity contribution in [2.45, 2.75) is 354 Å². The Labute approximate surface area is 448 Å². The molecule has 0 amide bonds. The molecule has 0 radical (unpaired) electrons. The van der Waals surface area contributed by atoms with Crippen molar-refractivity contribution in [3.8, 4) is 0 Å². The maximum atomic E-state index is 12.8. The Bertz CT molecular complexity index is 1210. The van der Waals surface area contributed by atoms with Gasteiger partial charge < -0.3 is 14.2 Å². The summed E-state index contributed by atoms with van der Waals surface area (Å²) in [5, 5.41) is 0. The summed E-state index contributed by atoms with van der Waals surface area (Å²) < 4.78 is 16.8. The minimum absolute atomic E-state index is 0.0803. The summed E-state index contributed by atoms with van der Waals surface area (Å²) in [7, 11) is 0. The van der Waals surface area contributed by atoms with Crippen LogP contribution >= 0.6 is 0 Å². The largest absolute Gasteiger partial charge is 0.462 e. The number of carbonyl (C=O) groups is 3. The van der Waals surface area contributed by atoms with Gasteiger partial charge in [-0.15, -0.1) is 0 Å². The van der Waals surface area contributed by atoms with Gasteiger partial charge in [0.05, 0.1) is 0 Å². The quantitative estimate of drug-likeness (QED) is 0.0261. The lowest BCUT2D eigenvalue weighted by atomic mass is 10.0. The van der Waals surface area contributed by atoms with Crippen molar-refractivity contribution < 1.29 is 28.6 Å². The molecule has 422 valence electrons. The molecule has 0 saturated carbocycles. The normalized spacial score (nSPS) is 12.2. The summed E-state index contributed by atoms with van der Waals surface area (Å²) in [5.41, 5.74) is 0. The molecule has 6 nitrogen and oxygen atoms in total. The van der Waals surface area contributed by atoms with Gasteiger partial charge in [0.2, 0.25) is 0 Å². The average Bonchev–Trinajstić information content (AvgIpc) is 3.38. The van der Waals surface area contributed by atoms with Crippen LogP contribution in [0.5, 0.6) is 0 Å². The van der Waals surface area contributed by atoms with Gasteiger partial charge in [-0.2, -0.15) is 0 Å². The second-order valence-electron chi connectivity index (χ2n) is 21.7. The van der Waals surface area contributed by atoms with Crippen molar-refractivity contribution in [1.29, 1.82) is 0 Å². The standard InChI is InChI=1S/C66H122O6/c1-4-7-10-13-16-18-20-22-23-24-25-26-27-28-29-30-31-32-33-34-35-36-37-38-39-40-41-42-44-45-47-50-53-56-59-65(68)71-62-63(61-70-64(67)58-55-52-49-15-12-9-6-3)72-66(69)60-57-54-51-48-46-43-21-19-17-14-11-8-5-2/h8,11,17,19,43,46,63H,4-7,9-10,12-16,18,20-42,44-45,47-62H2,1-3H3/b11-8-,19-17-,46-43-. The molecule has 72 heavy (non-hydrogen) atoms. The first-order chi connectivity index (χ1) is 35.5. The third kappa shape index (κ3) is 58.5. The van der Waals surface area contributed by atoms with Gasteiger partial charge >= 0.3 is 17.9 Å². The Morgan fingerprint density at radius 2 is 0.542 bits per heavy atom. The molecule has 0 fully saturated rings. The van der Waals surface area contributed by atoms with Gasteiger partial charge in [0.15, 0.2) is 6.10 Å². The molecule has 0 aliphatic carbocycles. The van der Waals surface area contributed by atoms with E-state index in [1.165, 1.54) is 225 Å². The zero-order valence-corrected chi connectivity index (χ0v) is 48.5. The molecule has 1 unspecified atom stereocenters. The Kier molecular flexibility index (Phi) is 59.2. The highest BCUT2D eigenvalue weighted by molar-refractivity contribution is 5.71. The van der Waals surface area contributed by atoms with Crippen molar-refractivity contribution in [2.24, 2.45) is 0 Å². The first-order valence-electron chi connectivity index (χ1n) is 32.0. The second kappa shape index (κ2) is 61.2. The minimum Gasteiger partial charge on any atom is -0.462 e. The van der Waals surface area contributed by atoms with Crippen LogP contribution in [0.25, 0.3) is 0 Å². The number of carbonyl (C=O) groups excluding carboxylic acids is 3. The fourth-order valence-electron chi connectivity index (χ4n) is 9.64. The fourth-order valence-corrected chi connectivity index (χ4v) is 9.64. The second-order valence-corrected chi connectivity index (χ2v) is 21.7. The Hall–Kier alpha value is -2.37. The monoisotopic (exact) mass is 1010 g/mol. The van der Waals surface area contributed by atoms with E-state index in [0.717, 1.165) is 83.5 Å². The summed E-state index contributed by atoms with van der Waals surface area (Å²) in [6, 6.07) is 0. The molecule has 0 aromatic heterocycles. The molecule has 0 aromatic carbocycles. The molecule has 0 aromatic rings. The molecule has 0 rings (SSSR count). The third-order valence-electron chi connectivity index (χ3n) is 14.4. The summed E-state index contributed by atoms with van der Waals surface area (Å²) >= 11 is 0. The van der Waals surface area contributed by atoms with E-state index >= 15 is 0 Å². The molecular weight excluding hydrogens is 889 g/mol. The van der Waals surface area contributed by atoms with Gasteiger partial charge in [0.1, 0.15) is 13.2 Å². The van der Waals surface area contributed by atoms with Crippen LogP contribution in [-0.2, 0) is 28.6 Å². The molecule has 0 heterocycles. The van der Waals surface area contributed by atoms with Crippen LogP contribution < -0.4 is 0 Å². The van der Waals surface area contributed by atoms with E-state index in [1.807, 2.05) is 0 Å². The molecule has 0 aliphatic rings. The van der Waals surface area contributed by atoms with Crippen molar-refractivity contribution in [3.63, 3.8) is 0 Å². The van der Waals surface area contributed by atoms with Crippen LogP contribution in [0.2, 0.25) is 0 Å². The maximum Gasteiger partial charge on any atom is 0.306 e. The predicted octanol–water partition coefficient (Wildman–Crippen LogP) is 21.6. The molecule has 6 heteroatoms. The zero-order valence-electron chi connectivity index (χ0n) is 48.5. The third-order valence-corrected chi connectivity index (χ3v) is 14.4. The van der Waals surface area contributed by atoms with E-state index in [9.17, 15) is 14.4 Å². The predicted molar refractivity (Wildman–Crippen MR) is 312 cm³/mol. The van der Waals surface area contributed by atoms with Gasteiger partial charge in [-0.25, -0.2) is 0 Å². The highest BCUT2D eigenvalue weighted by Gasteiger charge is 2.19. The lowest BCUT2D eigenvalue weighted by Crippen LogP contribution is -2.30. The number of ether oxygens (including phenoxy) is 3. The SMILES string of the molecule is CC/C=C\C/C=C\C/C=C\CCCCCC(=O)OC(COC(=O)CCCCCCCCC)COC(=O)CCCCCCCCCCCCCCCCCCCCCCCCCCCCCCCCCCCC. The minimum atomic E-state index is -0.782. The van der Waals surface area contributed by atoms with Gasteiger partial charge in [-0.1, -0.05) is 314 Å². The molecule has 1 atom stereocenters. The highest BCUT2D eigenvalue weighted by atomic mass is 16.6. The van der Waals surface area contributed by atoms with Gasteiger partial charge in [0.25, 0.3) is 0 Å². The van der Waals surface area contributed by atoms with Gasteiger partial charge in [0, 0.05) is 19.3 Å². The van der Waals surface area contributed by atoms with Gasteiger partial charge in [-0.05, 0) is 51.4 Å². The van der Waals surface area contributed by atoms with Crippen LogP contribution in [0, 0.1) is 0 Å². The van der Waals surface area contributed by atoms with Crippen LogP contribution in [0.15, 0.2) is 36.5 Å². The van der Waals surface area contributed by atoms with Crippen molar-refractivity contribution in [2.75, 3.05) is 13.2 Å². The van der Waals surface area contributed by atoms with Crippen molar-refractivity contribution >= 4 is 17.9 Å². The van der Waals surface area contributed by atoms with E-state index in [1.54, 1.807) is 0 Å². The molecule has 0 bridgehead atoms.